The molecule has 0 fully saturated rings. The molecule has 1 N–H and O–H groups in total. The topological polar surface area (TPSA) is 68.1 Å². The van der Waals surface area contributed by atoms with Crippen LogP contribution in [0, 0.1) is 0 Å². The van der Waals surface area contributed by atoms with Gasteiger partial charge in [-0.3, -0.25) is 9.79 Å². The first-order valence-corrected chi connectivity index (χ1v) is 9.46. The number of aliphatic hydroxyl groups is 1. The van der Waals surface area contributed by atoms with E-state index in [4.69, 9.17) is 21.1 Å². The van der Waals surface area contributed by atoms with Crippen molar-refractivity contribution in [1.82, 2.24) is 0 Å². The summed E-state index contributed by atoms with van der Waals surface area (Å²) >= 11 is 5.74. The molecule has 1 heterocycles. The number of ether oxygens (including phenoxy) is 2. The van der Waals surface area contributed by atoms with E-state index in [1.165, 1.54) is 0 Å². The Balaban J connectivity index is 1.79. The van der Waals surface area contributed by atoms with Crippen molar-refractivity contribution in [2.45, 2.75) is 24.7 Å². The van der Waals surface area contributed by atoms with Gasteiger partial charge in [-0.15, -0.1) is 11.6 Å². The number of hydrogen-bond acceptors (Lipinski definition) is 5. The first kappa shape index (κ1) is 20.1. The molecular formula is C22H22ClNO4. The maximum atomic E-state index is 12.3. The highest BCUT2D eigenvalue weighted by atomic mass is 35.5. The van der Waals surface area contributed by atoms with E-state index in [0.29, 0.717) is 23.7 Å². The first-order valence-electron chi connectivity index (χ1n) is 8.93. The monoisotopic (exact) mass is 399 g/mol. The second kappa shape index (κ2) is 9.04. The quantitative estimate of drug-likeness (QED) is 0.649. The van der Waals surface area contributed by atoms with E-state index in [-0.39, 0.29) is 18.1 Å². The van der Waals surface area contributed by atoms with Gasteiger partial charge < -0.3 is 14.6 Å². The minimum absolute atomic E-state index is 0.107. The molecule has 28 heavy (non-hydrogen) atoms. The van der Waals surface area contributed by atoms with Crippen molar-refractivity contribution in [3.05, 3.63) is 71.8 Å². The number of alkyl halides is 1. The van der Waals surface area contributed by atoms with Crippen LogP contribution in [-0.4, -0.2) is 35.6 Å². The number of Topliss-reactive ketones (excluding diaryl/α,β-unsaturated/α-hetero) is 1. The molecular weight excluding hydrogens is 378 g/mol. The third-order valence-corrected chi connectivity index (χ3v) is 4.92. The van der Waals surface area contributed by atoms with Gasteiger partial charge in [0.15, 0.2) is 17.3 Å². The number of ketones is 1. The number of halogens is 1. The molecule has 0 aromatic heterocycles. The molecule has 0 saturated carbocycles. The summed E-state index contributed by atoms with van der Waals surface area (Å²) in [6.07, 6.45) is 4.11. The maximum absolute atomic E-state index is 12.3. The molecule has 0 aliphatic carbocycles. The summed E-state index contributed by atoms with van der Waals surface area (Å²) < 4.78 is 11.3. The molecule has 5 nitrogen and oxygen atoms in total. The SMILES string of the molecule is COc1ccc(C(O)CC2(C(=O)CCl)C=CC=N2)cc1OCc1ccccc1. The Bertz CT molecular complexity index is 867. The molecule has 3 rings (SSSR count). The highest BCUT2D eigenvalue weighted by molar-refractivity contribution is 6.29. The third-order valence-electron chi connectivity index (χ3n) is 4.68. The van der Waals surface area contributed by atoms with Crippen LogP contribution in [0.4, 0.5) is 0 Å². The van der Waals surface area contributed by atoms with Crippen LogP contribution in [0.1, 0.15) is 23.7 Å². The van der Waals surface area contributed by atoms with Crippen LogP contribution >= 0.6 is 11.6 Å². The van der Waals surface area contributed by atoms with Crippen LogP contribution in [0.25, 0.3) is 0 Å². The van der Waals surface area contributed by atoms with Gasteiger partial charge in [0.25, 0.3) is 0 Å². The molecule has 2 unspecified atom stereocenters. The molecule has 0 bridgehead atoms. The van der Waals surface area contributed by atoms with Crippen molar-refractivity contribution in [1.29, 1.82) is 0 Å². The van der Waals surface area contributed by atoms with Crippen LogP contribution in [0.3, 0.4) is 0 Å². The number of aliphatic imine (C=N–C) groups is 1. The van der Waals surface area contributed by atoms with Crippen LogP contribution in [0.2, 0.25) is 0 Å². The van der Waals surface area contributed by atoms with Crippen molar-refractivity contribution in [2.24, 2.45) is 4.99 Å². The Labute approximate surface area is 169 Å². The lowest BCUT2D eigenvalue weighted by atomic mass is 9.87. The van der Waals surface area contributed by atoms with Gasteiger partial charge in [-0.1, -0.05) is 36.4 Å². The van der Waals surface area contributed by atoms with E-state index >= 15 is 0 Å². The van der Waals surface area contributed by atoms with E-state index in [9.17, 15) is 9.90 Å². The van der Waals surface area contributed by atoms with E-state index < -0.39 is 11.6 Å². The number of carbonyl (C=O) groups is 1. The molecule has 6 heteroatoms. The van der Waals surface area contributed by atoms with Crippen LogP contribution in [0.5, 0.6) is 11.5 Å². The number of rotatable bonds is 9. The second-order valence-corrected chi connectivity index (χ2v) is 6.79. The van der Waals surface area contributed by atoms with Gasteiger partial charge in [0, 0.05) is 12.6 Å². The Morgan fingerprint density at radius 2 is 2.00 bits per heavy atom. The van der Waals surface area contributed by atoms with Crippen LogP contribution in [0.15, 0.2) is 65.7 Å². The first-order chi connectivity index (χ1) is 13.6. The molecule has 0 saturated heterocycles. The standard InChI is InChI=1S/C22H22ClNO4/c1-27-19-9-8-17(12-20(19)28-15-16-6-3-2-4-7-16)18(25)13-22(21(26)14-23)10-5-11-24-22/h2-12,18,25H,13-15H2,1H3. The van der Waals surface area contributed by atoms with E-state index in [0.717, 1.165) is 5.56 Å². The minimum Gasteiger partial charge on any atom is -0.493 e. The molecule has 2 aromatic rings. The molecule has 0 amide bonds. The molecule has 1 aliphatic heterocycles. The van der Waals surface area contributed by atoms with E-state index in [1.54, 1.807) is 43.7 Å². The average Bonchev–Trinajstić information content (AvgIpc) is 3.21. The molecule has 1 aliphatic rings. The Hall–Kier alpha value is -2.63. The van der Waals surface area contributed by atoms with Crippen molar-refractivity contribution >= 4 is 23.6 Å². The smallest absolute Gasteiger partial charge is 0.179 e. The number of carbonyl (C=O) groups excluding carboxylic acids is 1. The maximum Gasteiger partial charge on any atom is 0.179 e. The highest BCUT2D eigenvalue weighted by Crippen LogP contribution is 2.36. The van der Waals surface area contributed by atoms with Crippen molar-refractivity contribution in [3.8, 4) is 11.5 Å². The molecule has 0 radical (unpaired) electrons. The predicted octanol–water partition coefficient (Wildman–Crippen LogP) is 3.89. The second-order valence-electron chi connectivity index (χ2n) is 6.52. The minimum atomic E-state index is -1.12. The fourth-order valence-corrected chi connectivity index (χ4v) is 3.33. The average molecular weight is 400 g/mol. The number of nitrogens with zero attached hydrogens (tertiary/aromatic N) is 1. The zero-order valence-corrected chi connectivity index (χ0v) is 16.3. The van der Waals surface area contributed by atoms with Gasteiger partial charge in [-0.25, -0.2) is 0 Å². The Morgan fingerprint density at radius 3 is 2.64 bits per heavy atom. The largest absolute Gasteiger partial charge is 0.493 e. The van der Waals surface area contributed by atoms with Crippen molar-refractivity contribution in [2.75, 3.05) is 13.0 Å². The van der Waals surface area contributed by atoms with Crippen molar-refractivity contribution < 1.29 is 19.4 Å². The van der Waals surface area contributed by atoms with Gasteiger partial charge in [0.1, 0.15) is 12.1 Å². The van der Waals surface area contributed by atoms with Crippen LogP contribution in [-0.2, 0) is 11.4 Å². The van der Waals surface area contributed by atoms with Crippen molar-refractivity contribution in [3.63, 3.8) is 0 Å². The summed E-state index contributed by atoms with van der Waals surface area (Å²) in [6, 6.07) is 15.0. The lowest BCUT2D eigenvalue weighted by Crippen LogP contribution is -2.36. The van der Waals surface area contributed by atoms with E-state index in [2.05, 4.69) is 4.99 Å². The summed E-state index contributed by atoms with van der Waals surface area (Å²) in [5.41, 5.74) is 0.514. The van der Waals surface area contributed by atoms with E-state index in [1.807, 2.05) is 30.3 Å². The summed E-state index contributed by atoms with van der Waals surface area (Å²) in [5.74, 6) is 0.679. The van der Waals surface area contributed by atoms with Gasteiger partial charge in [-0.05, 0) is 35.4 Å². The van der Waals surface area contributed by atoms with Gasteiger partial charge >= 0.3 is 0 Å². The summed E-state index contributed by atoms with van der Waals surface area (Å²) in [4.78, 5) is 16.5. The number of aliphatic hydroxyl groups excluding tert-OH is 1. The van der Waals surface area contributed by atoms with Gasteiger partial charge in [0.2, 0.25) is 0 Å². The van der Waals surface area contributed by atoms with Crippen LogP contribution < -0.4 is 9.47 Å². The zero-order valence-electron chi connectivity index (χ0n) is 15.5. The highest BCUT2D eigenvalue weighted by Gasteiger charge is 2.38. The normalized spacial score (nSPS) is 18.8. The number of hydrogen-bond donors (Lipinski definition) is 1. The molecule has 146 valence electrons. The molecule has 2 aromatic carbocycles. The Morgan fingerprint density at radius 1 is 1.21 bits per heavy atom. The third kappa shape index (κ3) is 4.43. The van der Waals surface area contributed by atoms with Gasteiger partial charge in [-0.2, -0.15) is 0 Å². The Kier molecular flexibility index (Phi) is 6.49. The summed E-state index contributed by atoms with van der Waals surface area (Å²) in [6.45, 7) is 0.373. The molecule has 0 spiro atoms. The fourth-order valence-electron chi connectivity index (χ4n) is 3.10. The summed E-state index contributed by atoms with van der Waals surface area (Å²) in [7, 11) is 1.56. The zero-order chi connectivity index (χ0) is 20.0. The lowest BCUT2D eigenvalue weighted by molar-refractivity contribution is -0.121. The lowest BCUT2D eigenvalue weighted by Gasteiger charge is -2.25. The van der Waals surface area contributed by atoms with Gasteiger partial charge in [0.05, 0.1) is 19.1 Å². The predicted molar refractivity (Wildman–Crippen MR) is 109 cm³/mol. The number of benzene rings is 2. The number of methoxy groups -OCH3 is 1. The molecule has 2 atom stereocenters. The number of allylic oxidation sites excluding steroid dienone is 1. The summed E-state index contributed by atoms with van der Waals surface area (Å²) in [5, 5.41) is 10.8. The fraction of sp³-hybridized carbons (Fsp3) is 0.273.